The second-order valence-corrected chi connectivity index (χ2v) is 7.61. The minimum absolute atomic E-state index is 0.0226. The van der Waals surface area contributed by atoms with Crippen molar-refractivity contribution >= 4 is 42.2 Å². The predicted octanol–water partition coefficient (Wildman–Crippen LogP) is 2.22. The maximum atomic E-state index is 11.9. The van der Waals surface area contributed by atoms with Crippen LogP contribution in [0.5, 0.6) is 0 Å². The van der Waals surface area contributed by atoms with Crippen molar-refractivity contribution in [1.29, 1.82) is 0 Å². The highest BCUT2D eigenvalue weighted by atomic mass is 35.5. The van der Waals surface area contributed by atoms with Crippen LogP contribution in [0.2, 0.25) is 5.15 Å². The molecular formula is C13H19ClN5O6P. The first-order valence-corrected chi connectivity index (χ1v) is 9.48. The zero-order chi connectivity index (χ0) is 19.3. The fourth-order valence-corrected chi connectivity index (χ4v) is 2.79. The van der Waals surface area contributed by atoms with Crippen molar-refractivity contribution in [2.24, 2.45) is 0 Å². The average Bonchev–Trinajstić information content (AvgIpc) is 3.00. The molecule has 1 unspecified atom stereocenters. The first-order chi connectivity index (χ1) is 12.3. The van der Waals surface area contributed by atoms with Gasteiger partial charge in [-0.25, -0.2) is 4.98 Å². The smallest absolute Gasteiger partial charge is 0.340 e. The van der Waals surface area contributed by atoms with Gasteiger partial charge in [0.25, 0.3) is 0 Å². The second kappa shape index (κ2) is 8.85. The van der Waals surface area contributed by atoms with Crippen molar-refractivity contribution in [2.75, 3.05) is 25.9 Å². The largest absolute Gasteiger partial charge is 0.355 e. The fourth-order valence-electron chi connectivity index (χ4n) is 1.83. The fraction of sp³-hybridized carbons (Fsp3) is 0.538. The average molecular weight is 408 g/mol. The summed E-state index contributed by atoms with van der Waals surface area (Å²) < 4.78 is 33.9. The van der Waals surface area contributed by atoms with Crippen LogP contribution in [0.3, 0.4) is 0 Å². The van der Waals surface area contributed by atoms with Crippen LogP contribution in [0, 0.1) is 0 Å². The number of halogens is 1. The lowest BCUT2D eigenvalue weighted by Gasteiger charge is -2.18. The number of nitrogens with one attached hydrogen (secondary N) is 1. The third-order valence-electron chi connectivity index (χ3n) is 3.18. The zero-order valence-corrected chi connectivity index (χ0v) is 16.3. The number of anilines is 1. The molecule has 0 saturated carbocycles. The first-order valence-electron chi connectivity index (χ1n) is 7.37. The number of rotatable bonds is 9. The maximum absolute atomic E-state index is 11.9. The van der Waals surface area contributed by atoms with Crippen molar-refractivity contribution in [3.63, 3.8) is 0 Å². The number of hydrogen-bond acceptors (Lipinski definition) is 9. The molecule has 0 aromatic carbocycles. The Morgan fingerprint density at radius 2 is 2.04 bits per heavy atom. The van der Waals surface area contributed by atoms with Crippen LogP contribution in [-0.2, 0) is 34.6 Å². The van der Waals surface area contributed by atoms with E-state index in [9.17, 15) is 9.36 Å². The number of ether oxygens (including phenoxy) is 2. The number of carbonyl (C=O) groups is 1. The normalized spacial score (nSPS) is 13.1. The van der Waals surface area contributed by atoms with Gasteiger partial charge in [0, 0.05) is 21.1 Å². The Morgan fingerprint density at radius 1 is 1.35 bits per heavy atom. The summed E-state index contributed by atoms with van der Waals surface area (Å²) >= 11 is 6.05. The van der Waals surface area contributed by atoms with Crippen LogP contribution < -0.4 is 5.32 Å². The van der Waals surface area contributed by atoms with Gasteiger partial charge in [-0.05, 0) is 6.92 Å². The summed E-state index contributed by atoms with van der Waals surface area (Å²) in [5.41, 5.74) is 0.738. The van der Waals surface area contributed by atoms with E-state index in [1.807, 2.05) is 0 Å². The van der Waals surface area contributed by atoms with E-state index in [-0.39, 0.29) is 30.1 Å². The van der Waals surface area contributed by atoms with Crippen molar-refractivity contribution in [1.82, 2.24) is 19.5 Å². The van der Waals surface area contributed by atoms with Gasteiger partial charge in [-0.15, -0.1) is 0 Å². The molecule has 0 radical (unpaired) electrons. The van der Waals surface area contributed by atoms with Gasteiger partial charge in [-0.1, -0.05) is 11.6 Å². The molecule has 26 heavy (non-hydrogen) atoms. The van der Waals surface area contributed by atoms with E-state index < -0.39 is 13.9 Å². The van der Waals surface area contributed by atoms with Crippen LogP contribution in [0.1, 0.15) is 13.8 Å². The number of fused-ring (bicyclic) bond motifs is 1. The molecule has 1 amide bonds. The van der Waals surface area contributed by atoms with Gasteiger partial charge in [0.1, 0.15) is 12.2 Å². The SMILES string of the molecule is COP(=O)(COC(C)OCn1cnc2c(Cl)nc(NC(C)=O)nc21)OC. The highest BCUT2D eigenvalue weighted by Gasteiger charge is 2.23. The Morgan fingerprint density at radius 3 is 2.65 bits per heavy atom. The molecule has 11 nitrogen and oxygen atoms in total. The molecule has 2 rings (SSSR count). The summed E-state index contributed by atoms with van der Waals surface area (Å²) in [5, 5.41) is 2.56. The van der Waals surface area contributed by atoms with E-state index in [0.29, 0.717) is 11.2 Å². The van der Waals surface area contributed by atoms with Gasteiger partial charge in [-0.2, -0.15) is 9.97 Å². The number of imidazole rings is 1. The first kappa shape index (κ1) is 20.7. The van der Waals surface area contributed by atoms with E-state index in [2.05, 4.69) is 20.3 Å². The van der Waals surface area contributed by atoms with Crippen LogP contribution in [0.25, 0.3) is 11.2 Å². The molecule has 0 aliphatic rings. The topological polar surface area (TPSA) is 127 Å². The molecule has 0 aliphatic carbocycles. The van der Waals surface area contributed by atoms with E-state index in [1.54, 1.807) is 11.5 Å². The standard InChI is InChI=1S/C13H19ClN5O6P/c1-8(20)16-13-17-11(14)10-12(18-13)19(5-15-10)6-24-9(2)25-7-26(21,22-3)23-4/h5,9H,6-7H2,1-4H3,(H,16,17,18,20). The quantitative estimate of drug-likeness (QED) is 0.378. The number of aromatic nitrogens is 4. The molecular weight excluding hydrogens is 389 g/mol. The molecule has 144 valence electrons. The number of hydrogen-bond donors (Lipinski definition) is 1. The van der Waals surface area contributed by atoms with Crippen molar-refractivity contribution in [2.45, 2.75) is 26.9 Å². The monoisotopic (exact) mass is 407 g/mol. The van der Waals surface area contributed by atoms with E-state index in [4.69, 9.17) is 30.1 Å². The molecule has 2 aromatic rings. The van der Waals surface area contributed by atoms with Gasteiger partial charge in [0.05, 0.1) is 6.33 Å². The minimum atomic E-state index is -3.28. The maximum Gasteiger partial charge on any atom is 0.355 e. The molecule has 2 heterocycles. The van der Waals surface area contributed by atoms with E-state index >= 15 is 0 Å². The zero-order valence-electron chi connectivity index (χ0n) is 14.6. The molecule has 0 spiro atoms. The van der Waals surface area contributed by atoms with Gasteiger partial charge < -0.3 is 18.5 Å². The van der Waals surface area contributed by atoms with Crippen LogP contribution in [-0.4, -0.2) is 52.3 Å². The van der Waals surface area contributed by atoms with Crippen molar-refractivity contribution in [3.05, 3.63) is 11.5 Å². The van der Waals surface area contributed by atoms with Crippen molar-refractivity contribution < 1.29 is 27.9 Å². The Balaban J connectivity index is 2.05. The highest BCUT2D eigenvalue weighted by Crippen LogP contribution is 2.46. The third-order valence-corrected chi connectivity index (χ3v) is 5.02. The van der Waals surface area contributed by atoms with Gasteiger partial charge >= 0.3 is 7.60 Å². The number of nitrogens with zero attached hydrogens (tertiary/aromatic N) is 4. The van der Waals surface area contributed by atoms with E-state index in [0.717, 1.165) is 0 Å². The second-order valence-electron chi connectivity index (χ2n) is 5.04. The molecule has 0 saturated heterocycles. The summed E-state index contributed by atoms with van der Waals surface area (Å²) in [5.74, 6) is -0.271. The Kier molecular flexibility index (Phi) is 7.04. The summed E-state index contributed by atoms with van der Waals surface area (Å²) in [6.07, 6.45) is 0.496. The van der Waals surface area contributed by atoms with Crippen LogP contribution in [0.4, 0.5) is 5.95 Å². The summed E-state index contributed by atoms with van der Waals surface area (Å²) in [6.45, 7) is 2.98. The molecule has 1 N–H and O–H groups in total. The molecule has 0 fully saturated rings. The highest BCUT2D eigenvalue weighted by molar-refractivity contribution is 7.53. The molecule has 0 aliphatic heterocycles. The molecule has 13 heteroatoms. The summed E-state index contributed by atoms with van der Waals surface area (Å²) in [7, 11) is -0.743. The minimum Gasteiger partial charge on any atom is -0.340 e. The summed E-state index contributed by atoms with van der Waals surface area (Å²) in [4.78, 5) is 23.4. The van der Waals surface area contributed by atoms with Crippen LogP contribution >= 0.6 is 19.2 Å². The van der Waals surface area contributed by atoms with E-state index in [1.165, 1.54) is 27.5 Å². The van der Waals surface area contributed by atoms with Gasteiger partial charge in [-0.3, -0.25) is 19.2 Å². The Labute approximate surface area is 154 Å². The number of carbonyl (C=O) groups excluding carboxylic acids is 1. The predicted molar refractivity (Wildman–Crippen MR) is 92.8 cm³/mol. The lowest BCUT2D eigenvalue weighted by atomic mass is 10.5. The van der Waals surface area contributed by atoms with Crippen molar-refractivity contribution in [3.8, 4) is 0 Å². The van der Waals surface area contributed by atoms with Gasteiger partial charge in [0.15, 0.2) is 23.4 Å². The Bertz CT molecular complexity index is 823. The molecule has 1 atom stereocenters. The summed E-state index contributed by atoms with van der Waals surface area (Å²) in [6, 6.07) is 0. The molecule has 0 bridgehead atoms. The lowest BCUT2D eigenvalue weighted by molar-refractivity contribution is -0.142. The third kappa shape index (κ3) is 5.19. The van der Waals surface area contributed by atoms with Gasteiger partial charge in [0.2, 0.25) is 11.9 Å². The lowest BCUT2D eigenvalue weighted by Crippen LogP contribution is -2.17. The van der Waals surface area contributed by atoms with Crippen LogP contribution in [0.15, 0.2) is 6.33 Å². The molecule has 2 aromatic heterocycles. The Hall–Kier alpha value is -1.62. The number of amides is 1.